The summed E-state index contributed by atoms with van der Waals surface area (Å²) >= 11 is 0. The van der Waals surface area contributed by atoms with Gasteiger partial charge in [-0.2, -0.15) is 0 Å². The van der Waals surface area contributed by atoms with Crippen LogP contribution < -0.4 is 9.64 Å². The van der Waals surface area contributed by atoms with E-state index in [-0.39, 0.29) is 18.5 Å². The molecule has 1 aliphatic heterocycles. The molecule has 184 valence electrons. The summed E-state index contributed by atoms with van der Waals surface area (Å²) in [5.41, 5.74) is 7.45. The Labute approximate surface area is 212 Å². The first kappa shape index (κ1) is 24.1. The highest BCUT2D eigenvalue weighted by molar-refractivity contribution is 5.67. The maximum atomic E-state index is 14.4. The Balaban J connectivity index is 1.31. The number of aliphatic hydroxyl groups excluding tert-OH is 1. The Kier molecular flexibility index (Phi) is 7.06. The fourth-order valence-corrected chi connectivity index (χ4v) is 5.31. The van der Waals surface area contributed by atoms with Crippen molar-refractivity contribution in [3.8, 4) is 16.9 Å². The van der Waals surface area contributed by atoms with Crippen molar-refractivity contribution in [2.24, 2.45) is 0 Å². The standard InChI is InChI=1S/C32H32FNO2/c1-22-16-26(31-19-30(36-2)14-15-32(31)33)11-10-25(22)17-23-8-12-28(13-9-23)34-20-27(18-29(34)21-35)24-6-4-3-5-7-24/h3-16,19,27,29,35H,17-18,20-21H2,1-2H3/t27-,29-/m1/s1. The third-order valence-electron chi connectivity index (χ3n) is 7.39. The van der Waals surface area contributed by atoms with Crippen LogP contribution in [-0.2, 0) is 6.42 Å². The molecule has 0 radical (unpaired) electrons. The van der Waals surface area contributed by atoms with Crippen LogP contribution >= 0.6 is 0 Å². The molecule has 1 saturated heterocycles. The Bertz CT molecular complexity index is 1320. The van der Waals surface area contributed by atoms with Gasteiger partial charge in [0.15, 0.2) is 0 Å². The van der Waals surface area contributed by atoms with Gasteiger partial charge in [-0.1, -0.05) is 60.7 Å². The molecule has 4 heteroatoms. The molecule has 1 fully saturated rings. The fraction of sp³-hybridized carbons (Fsp3) is 0.250. The summed E-state index contributed by atoms with van der Waals surface area (Å²) in [5.74, 6) is 0.819. The van der Waals surface area contributed by atoms with Crippen LogP contribution in [0.5, 0.6) is 5.75 Å². The van der Waals surface area contributed by atoms with E-state index in [9.17, 15) is 9.50 Å². The molecule has 0 amide bonds. The quantitative estimate of drug-likeness (QED) is 0.317. The highest BCUT2D eigenvalue weighted by Crippen LogP contribution is 2.35. The van der Waals surface area contributed by atoms with Gasteiger partial charge >= 0.3 is 0 Å². The minimum absolute atomic E-state index is 0.132. The first-order chi connectivity index (χ1) is 17.6. The lowest BCUT2D eigenvalue weighted by atomic mass is 9.95. The highest BCUT2D eigenvalue weighted by atomic mass is 19.1. The molecule has 1 heterocycles. The molecule has 0 aliphatic carbocycles. The molecule has 5 rings (SSSR count). The second-order valence-electron chi connectivity index (χ2n) is 9.66. The molecule has 0 unspecified atom stereocenters. The lowest BCUT2D eigenvalue weighted by Crippen LogP contribution is -2.32. The maximum Gasteiger partial charge on any atom is 0.131 e. The van der Waals surface area contributed by atoms with E-state index in [1.807, 2.05) is 18.2 Å². The van der Waals surface area contributed by atoms with E-state index in [1.165, 1.54) is 22.8 Å². The second kappa shape index (κ2) is 10.5. The zero-order chi connectivity index (χ0) is 25.1. The van der Waals surface area contributed by atoms with Crippen molar-refractivity contribution in [2.75, 3.05) is 25.2 Å². The number of ether oxygens (including phenoxy) is 1. The minimum atomic E-state index is -0.254. The van der Waals surface area contributed by atoms with Gasteiger partial charge in [-0.25, -0.2) is 4.39 Å². The van der Waals surface area contributed by atoms with Crippen LogP contribution in [0.15, 0.2) is 91.0 Å². The number of aliphatic hydroxyl groups is 1. The molecule has 3 nitrogen and oxygen atoms in total. The van der Waals surface area contributed by atoms with Gasteiger partial charge in [-0.05, 0) is 77.9 Å². The van der Waals surface area contributed by atoms with Gasteiger partial charge in [0, 0.05) is 23.7 Å². The largest absolute Gasteiger partial charge is 0.497 e. The first-order valence-electron chi connectivity index (χ1n) is 12.5. The Hall–Kier alpha value is -3.63. The summed E-state index contributed by atoms with van der Waals surface area (Å²) in [5, 5.41) is 10.0. The number of nitrogens with zero attached hydrogens (tertiary/aromatic N) is 1. The van der Waals surface area contributed by atoms with Crippen LogP contribution in [0.4, 0.5) is 10.1 Å². The Morgan fingerprint density at radius 2 is 1.72 bits per heavy atom. The number of benzene rings is 4. The third-order valence-corrected chi connectivity index (χ3v) is 7.39. The summed E-state index contributed by atoms with van der Waals surface area (Å²) < 4.78 is 19.7. The van der Waals surface area contributed by atoms with Gasteiger partial charge in [0.25, 0.3) is 0 Å². The molecule has 1 N–H and O–H groups in total. The van der Waals surface area contributed by atoms with E-state index in [0.717, 1.165) is 36.2 Å². The number of halogens is 1. The summed E-state index contributed by atoms with van der Waals surface area (Å²) in [6, 6.07) is 30.3. The topological polar surface area (TPSA) is 32.7 Å². The summed E-state index contributed by atoms with van der Waals surface area (Å²) in [6.07, 6.45) is 1.77. The molecule has 4 aromatic carbocycles. The number of hydrogen-bond acceptors (Lipinski definition) is 3. The predicted molar refractivity (Wildman–Crippen MR) is 144 cm³/mol. The van der Waals surface area contributed by atoms with Crippen LogP contribution in [0.25, 0.3) is 11.1 Å². The monoisotopic (exact) mass is 481 g/mol. The van der Waals surface area contributed by atoms with Gasteiger partial charge < -0.3 is 14.7 Å². The first-order valence-corrected chi connectivity index (χ1v) is 12.5. The number of methoxy groups -OCH3 is 1. The van der Waals surface area contributed by atoms with Crippen LogP contribution in [0.3, 0.4) is 0 Å². The van der Waals surface area contributed by atoms with Crippen molar-refractivity contribution in [1.82, 2.24) is 0 Å². The molecule has 0 saturated carbocycles. The average Bonchev–Trinajstić information content (AvgIpc) is 3.36. The fourth-order valence-electron chi connectivity index (χ4n) is 5.31. The lowest BCUT2D eigenvalue weighted by molar-refractivity contribution is 0.265. The van der Waals surface area contributed by atoms with E-state index in [0.29, 0.717) is 17.2 Å². The van der Waals surface area contributed by atoms with E-state index >= 15 is 0 Å². The molecule has 0 bridgehead atoms. The van der Waals surface area contributed by atoms with Crippen LogP contribution in [0.2, 0.25) is 0 Å². The number of aryl methyl sites for hydroxylation is 1. The molecular weight excluding hydrogens is 449 g/mol. The number of anilines is 1. The van der Waals surface area contributed by atoms with Crippen molar-refractivity contribution < 1.29 is 14.2 Å². The van der Waals surface area contributed by atoms with Gasteiger partial charge in [0.1, 0.15) is 11.6 Å². The van der Waals surface area contributed by atoms with Crippen molar-refractivity contribution in [1.29, 1.82) is 0 Å². The van der Waals surface area contributed by atoms with Gasteiger partial charge in [0.2, 0.25) is 0 Å². The zero-order valence-corrected chi connectivity index (χ0v) is 20.8. The SMILES string of the molecule is COc1ccc(F)c(-c2ccc(Cc3ccc(N4C[C@H](c5ccccc5)C[C@@H]4CO)cc3)c(C)c2)c1. The smallest absolute Gasteiger partial charge is 0.131 e. The van der Waals surface area contributed by atoms with Crippen molar-refractivity contribution >= 4 is 5.69 Å². The number of hydrogen-bond donors (Lipinski definition) is 1. The van der Waals surface area contributed by atoms with Gasteiger partial charge in [-0.15, -0.1) is 0 Å². The lowest BCUT2D eigenvalue weighted by Gasteiger charge is -2.25. The Morgan fingerprint density at radius 3 is 2.42 bits per heavy atom. The molecule has 2 atom stereocenters. The second-order valence-corrected chi connectivity index (χ2v) is 9.66. The van der Waals surface area contributed by atoms with Crippen LogP contribution in [-0.4, -0.2) is 31.4 Å². The molecule has 36 heavy (non-hydrogen) atoms. The predicted octanol–water partition coefficient (Wildman–Crippen LogP) is 6.76. The maximum absolute atomic E-state index is 14.4. The molecule has 1 aliphatic rings. The molecule has 0 spiro atoms. The van der Waals surface area contributed by atoms with E-state index < -0.39 is 0 Å². The average molecular weight is 482 g/mol. The summed E-state index contributed by atoms with van der Waals surface area (Å²) in [7, 11) is 1.59. The highest BCUT2D eigenvalue weighted by Gasteiger charge is 2.32. The summed E-state index contributed by atoms with van der Waals surface area (Å²) in [6.45, 7) is 3.14. The molecular formula is C32H32FNO2. The van der Waals surface area contributed by atoms with Crippen molar-refractivity contribution in [2.45, 2.75) is 31.7 Å². The number of rotatable bonds is 7. The van der Waals surface area contributed by atoms with Crippen molar-refractivity contribution in [3.63, 3.8) is 0 Å². The van der Waals surface area contributed by atoms with E-state index in [4.69, 9.17) is 4.74 Å². The molecule has 0 aromatic heterocycles. The minimum Gasteiger partial charge on any atom is -0.497 e. The van der Waals surface area contributed by atoms with Crippen LogP contribution in [0.1, 0.15) is 34.6 Å². The third kappa shape index (κ3) is 5.00. The summed E-state index contributed by atoms with van der Waals surface area (Å²) in [4.78, 5) is 2.34. The molecule has 4 aromatic rings. The normalized spacial score (nSPS) is 17.4. The van der Waals surface area contributed by atoms with Crippen LogP contribution in [0, 0.1) is 12.7 Å². The zero-order valence-electron chi connectivity index (χ0n) is 20.8. The van der Waals surface area contributed by atoms with Crippen molar-refractivity contribution in [3.05, 3.63) is 119 Å². The van der Waals surface area contributed by atoms with E-state index in [1.54, 1.807) is 19.2 Å². The Morgan fingerprint density at radius 1 is 0.944 bits per heavy atom. The van der Waals surface area contributed by atoms with E-state index in [2.05, 4.69) is 66.4 Å². The van der Waals surface area contributed by atoms with Gasteiger partial charge in [0.05, 0.1) is 19.8 Å². The van der Waals surface area contributed by atoms with Gasteiger partial charge in [-0.3, -0.25) is 0 Å².